The smallest absolute Gasteiger partial charge is 0.242 e. The second-order valence-electron chi connectivity index (χ2n) is 7.51. The summed E-state index contributed by atoms with van der Waals surface area (Å²) in [6.45, 7) is 9.24. The monoisotopic (exact) mass is 379 g/mol. The van der Waals surface area contributed by atoms with Gasteiger partial charge in [0.1, 0.15) is 6.54 Å². The number of aryl methyl sites for hydroxylation is 2. The van der Waals surface area contributed by atoms with Crippen molar-refractivity contribution >= 4 is 17.5 Å². The highest BCUT2D eigenvalue weighted by atomic mass is 16.2. The number of carbonyl (C=O) groups is 2. The Morgan fingerprint density at radius 1 is 0.964 bits per heavy atom. The number of carbonyl (C=O) groups excluding carboxylic acids is 2. The van der Waals surface area contributed by atoms with Gasteiger partial charge in [-0.2, -0.15) is 0 Å². The van der Waals surface area contributed by atoms with Crippen molar-refractivity contribution in [3.05, 3.63) is 65.2 Å². The molecule has 1 fully saturated rings. The van der Waals surface area contributed by atoms with Crippen molar-refractivity contribution in [2.24, 2.45) is 0 Å². The molecule has 0 bridgehead atoms. The van der Waals surface area contributed by atoms with Crippen molar-refractivity contribution in [2.45, 2.75) is 27.3 Å². The Kier molecular flexibility index (Phi) is 6.34. The minimum Gasteiger partial charge on any atom is -0.368 e. The van der Waals surface area contributed by atoms with Crippen molar-refractivity contribution in [2.75, 3.05) is 37.6 Å². The molecule has 0 N–H and O–H groups in total. The molecule has 1 saturated heterocycles. The zero-order chi connectivity index (χ0) is 20.1. The third-order valence-corrected chi connectivity index (χ3v) is 5.39. The van der Waals surface area contributed by atoms with Crippen LogP contribution in [-0.2, 0) is 16.1 Å². The van der Waals surface area contributed by atoms with Crippen LogP contribution in [0.15, 0.2) is 48.5 Å². The fraction of sp³-hybridized carbons (Fsp3) is 0.391. The van der Waals surface area contributed by atoms with Gasteiger partial charge in [0.25, 0.3) is 0 Å². The maximum Gasteiger partial charge on any atom is 0.242 e. The molecule has 5 nitrogen and oxygen atoms in total. The van der Waals surface area contributed by atoms with Gasteiger partial charge in [0.15, 0.2) is 0 Å². The van der Waals surface area contributed by atoms with Gasteiger partial charge in [-0.3, -0.25) is 9.59 Å². The lowest BCUT2D eigenvalue weighted by atomic mass is 10.1. The van der Waals surface area contributed by atoms with Crippen molar-refractivity contribution in [1.82, 2.24) is 9.80 Å². The summed E-state index contributed by atoms with van der Waals surface area (Å²) in [6.07, 6.45) is 0. The Bertz CT molecular complexity index is 841. The number of anilines is 1. The number of hydrogen-bond donors (Lipinski definition) is 0. The molecule has 148 valence electrons. The van der Waals surface area contributed by atoms with Crippen LogP contribution >= 0.6 is 0 Å². The van der Waals surface area contributed by atoms with Gasteiger partial charge >= 0.3 is 0 Å². The molecule has 0 aromatic heterocycles. The Hall–Kier alpha value is -2.82. The predicted molar refractivity (Wildman–Crippen MR) is 112 cm³/mol. The van der Waals surface area contributed by atoms with Crippen molar-refractivity contribution in [3.8, 4) is 0 Å². The first-order chi connectivity index (χ1) is 13.4. The average molecular weight is 380 g/mol. The molecule has 1 aliphatic rings. The molecule has 0 aliphatic carbocycles. The van der Waals surface area contributed by atoms with Crippen LogP contribution < -0.4 is 4.90 Å². The second-order valence-corrected chi connectivity index (χ2v) is 7.51. The molecule has 1 aliphatic heterocycles. The molecule has 0 saturated carbocycles. The quantitative estimate of drug-likeness (QED) is 0.802. The summed E-state index contributed by atoms with van der Waals surface area (Å²) < 4.78 is 0. The van der Waals surface area contributed by atoms with E-state index in [1.54, 1.807) is 4.90 Å². The molecule has 28 heavy (non-hydrogen) atoms. The standard InChI is InChI=1S/C23H29N3O2/c1-18-7-6-10-22(15-18)24-11-13-25(14-12-24)23(28)17-26(20(3)27)16-21-9-5-4-8-19(21)2/h4-10,15H,11-14,16-17H2,1-3H3. The first-order valence-corrected chi connectivity index (χ1v) is 9.83. The van der Waals surface area contributed by atoms with Gasteiger partial charge in [-0.15, -0.1) is 0 Å². The van der Waals surface area contributed by atoms with Gasteiger partial charge in [0.05, 0.1) is 0 Å². The summed E-state index contributed by atoms with van der Waals surface area (Å²) in [5.41, 5.74) is 4.66. The number of amides is 2. The Labute approximate surface area is 167 Å². The van der Waals surface area contributed by atoms with Gasteiger partial charge < -0.3 is 14.7 Å². The SMILES string of the molecule is CC(=O)N(CC(=O)N1CCN(c2cccc(C)c2)CC1)Cc1ccccc1C. The molecule has 0 spiro atoms. The Morgan fingerprint density at radius 2 is 1.68 bits per heavy atom. The fourth-order valence-corrected chi connectivity index (χ4v) is 3.57. The highest BCUT2D eigenvalue weighted by Gasteiger charge is 2.24. The first kappa shape index (κ1) is 19.9. The van der Waals surface area contributed by atoms with Crippen LogP contribution in [0, 0.1) is 13.8 Å². The molecule has 2 aromatic carbocycles. The van der Waals surface area contributed by atoms with E-state index >= 15 is 0 Å². The summed E-state index contributed by atoms with van der Waals surface area (Å²) in [5.74, 6) is -0.0531. The minimum absolute atomic E-state index is 0.0210. The van der Waals surface area contributed by atoms with Gasteiger partial charge in [-0.05, 0) is 42.7 Å². The van der Waals surface area contributed by atoms with Crippen molar-refractivity contribution < 1.29 is 9.59 Å². The lowest BCUT2D eigenvalue weighted by Crippen LogP contribution is -2.51. The topological polar surface area (TPSA) is 43.9 Å². The zero-order valence-electron chi connectivity index (χ0n) is 17.0. The Morgan fingerprint density at radius 3 is 2.32 bits per heavy atom. The largest absolute Gasteiger partial charge is 0.368 e. The van der Waals surface area contributed by atoms with Crippen LogP contribution in [0.4, 0.5) is 5.69 Å². The zero-order valence-corrected chi connectivity index (χ0v) is 17.0. The number of piperazine rings is 1. The summed E-state index contributed by atoms with van der Waals surface area (Å²) in [6, 6.07) is 16.4. The second kappa shape index (κ2) is 8.91. The highest BCUT2D eigenvalue weighted by molar-refractivity contribution is 5.84. The highest BCUT2D eigenvalue weighted by Crippen LogP contribution is 2.18. The van der Waals surface area contributed by atoms with Crippen LogP contribution in [0.3, 0.4) is 0 Å². The summed E-state index contributed by atoms with van der Waals surface area (Å²) in [4.78, 5) is 30.7. The maximum atomic E-state index is 12.8. The van der Waals surface area contributed by atoms with Gasteiger partial charge in [-0.1, -0.05) is 36.4 Å². The lowest BCUT2D eigenvalue weighted by Gasteiger charge is -2.37. The van der Waals surface area contributed by atoms with E-state index in [4.69, 9.17) is 0 Å². The van der Waals surface area contributed by atoms with E-state index in [1.165, 1.54) is 18.2 Å². The van der Waals surface area contributed by atoms with Crippen LogP contribution in [0.5, 0.6) is 0 Å². The Balaban J connectivity index is 1.58. The summed E-state index contributed by atoms with van der Waals surface area (Å²) in [5, 5.41) is 0. The number of benzene rings is 2. The average Bonchev–Trinajstić information content (AvgIpc) is 2.69. The molecule has 2 amide bonds. The molecular weight excluding hydrogens is 350 g/mol. The summed E-state index contributed by atoms with van der Waals surface area (Å²) >= 11 is 0. The lowest BCUT2D eigenvalue weighted by molar-refractivity contribution is -0.140. The van der Waals surface area contributed by atoms with E-state index in [1.807, 2.05) is 36.1 Å². The third-order valence-electron chi connectivity index (χ3n) is 5.39. The van der Waals surface area contributed by atoms with Gasteiger partial charge in [-0.25, -0.2) is 0 Å². The third kappa shape index (κ3) is 4.91. The molecule has 3 rings (SSSR count). The van der Waals surface area contributed by atoms with E-state index < -0.39 is 0 Å². The molecule has 5 heteroatoms. The van der Waals surface area contributed by atoms with Crippen LogP contribution in [0.1, 0.15) is 23.6 Å². The molecule has 1 heterocycles. The van der Waals surface area contributed by atoms with Crippen LogP contribution in [0.25, 0.3) is 0 Å². The van der Waals surface area contributed by atoms with Crippen LogP contribution in [-0.4, -0.2) is 54.3 Å². The molecule has 0 atom stereocenters. The van der Waals surface area contributed by atoms with E-state index in [2.05, 4.69) is 36.1 Å². The van der Waals surface area contributed by atoms with E-state index in [-0.39, 0.29) is 18.4 Å². The number of nitrogens with zero attached hydrogens (tertiary/aromatic N) is 3. The first-order valence-electron chi connectivity index (χ1n) is 9.83. The number of rotatable bonds is 5. The molecule has 0 unspecified atom stereocenters. The summed E-state index contributed by atoms with van der Waals surface area (Å²) in [7, 11) is 0. The van der Waals surface area contributed by atoms with Crippen LogP contribution in [0.2, 0.25) is 0 Å². The van der Waals surface area contributed by atoms with Crippen molar-refractivity contribution in [3.63, 3.8) is 0 Å². The van der Waals surface area contributed by atoms with Crippen molar-refractivity contribution in [1.29, 1.82) is 0 Å². The molecular formula is C23H29N3O2. The van der Waals surface area contributed by atoms with E-state index in [0.29, 0.717) is 19.6 Å². The maximum absolute atomic E-state index is 12.8. The fourth-order valence-electron chi connectivity index (χ4n) is 3.57. The number of hydrogen-bond acceptors (Lipinski definition) is 3. The molecule has 2 aromatic rings. The van der Waals surface area contributed by atoms with E-state index in [0.717, 1.165) is 24.2 Å². The van der Waals surface area contributed by atoms with Gasteiger partial charge in [0.2, 0.25) is 11.8 Å². The predicted octanol–water partition coefficient (Wildman–Crippen LogP) is 3.00. The normalized spacial score (nSPS) is 14.1. The van der Waals surface area contributed by atoms with Gasteiger partial charge in [0, 0.05) is 45.3 Å². The molecule has 0 radical (unpaired) electrons. The minimum atomic E-state index is -0.0741. The van der Waals surface area contributed by atoms with E-state index in [9.17, 15) is 9.59 Å².